The number of aromatic hydroxyl groups is 1. The zero-order chi connectivity index (χ0) is 10.8. The second-order valence-corrected chi connectivity index (χ2v) is 6.09. The minimum absolute atomic E-state index is 0.205. The van der Waals surface area contributed by atoms with Gasteiger partial charge in [-0.15, -0.1) is 0 Å². The third-order valence-corrected chi connectivity index (χ3v) is 3.09. The lowest BCUT2D eigenvalue weighted by Crippen LogP contribution is -2.07. The van der Waals surface area contributed by atoms with Gasteiger partial charge in [0.25, 0.3) is 0 Å². The topological polar surface area (TPSA) is 46.2 Å². The number of thioether (sulfide) groups is 1. The molecule has 0 saturated carbocycles. The highest BCUT2D eigenvalue weighted by molar-refractivity contribution is 7.99. The number of benzene rings is 1. The molecule has 3 N–H and O–H groups in total. The number of hydrogen-bond acceptors (Lipinski definition) is 3. The number of phenols is 1. The van der Waals surface area contributed by atoms with E-state index in [2.05, 4.69) is 20.8 Å². The van der Waals surface area contributed by atoms with Crippen LogP contribution in [0.1, 0.15) is 26.3 Å². The van der Waals surface area contributed by atoms with Crippen molar-refractivity contribution in [1.82, 2.24) is 0 Å². The van der Waals surface area contributed by atoms with Crippen molar-refractivity contribution in [2.24, 2.45) is 0 Å². The summed E-state index contributed by atoms with van der Waals surface area (Å²) in [6.45, 7) is 6.46. The fourth-order valence-corrected chi connectivity index (χ4v) is 1.84. The second-order valence-electron chi connectivity index (χ2n) is 4.29. The fraction of sp³-hybridized carbons (Fsp3) is 0.455. The Morgan fingerprint density at radius 2 is 2.00 bits per heavy atom. The molecule has 0 aliphatic carbocycles. The van der Waals surface area contributed by atoms with E-state index in [-0.39, 0.29) is 4.75 Å². The highest BCUT2D eigenvalue weighted by atomic mass is 32.2. The molecule has 3 heteroatoms. The van der Waals surface area contributed by atoms with Crippen molar-refractivity contribution < 1.29 is 5.11 Å². The molecular weight excluding hydrogens is 194 g/mol. The van der Waals surface area contributed by atoms with Crippen LogP contribution in [0.2, 0.25) is 0 Å². The van der Waals surface area contributed by atoms with Crippen LogP contribution in [-0.4, -0.2) is 9.85 Å². The average Bonchev–Trinajstić information content (AvgIpc) is 2.05. The summed E-state index contributed by atoms with van der Waals surface area (Å²) < 4.78 is 0.205. The Kier molecular flexibility index (Phi) is 3.32. The van der Waals surface area contributed by atoms with Crippen molar-refractivity contribution >= 4 is 17.4 Å². The molecule has 1 aromatic rings. The molecule has 0 aliphatic rings. The lowest BCUT2D eigenvalue weighted by Gasteiger charge is -2.17. The van der Waals surface area contributed by atoms with E-state index >= 15 is 0 Å². The number of rotatable bonds is 2. The van der Waals surface area contributed by atoms with Crippen molar-refractivity contribution in [1.29, 1.82) is 0 Å². The first kappa shape index (κ1) is 11.2. The Hall–Kier alpha value is -0.830. The van der Waals surface area contributed by atoms with Gasteiger partial charge in [-0.2, -0.15) is 11.8 Å². The molecule has 78 valence electrons. The number of nitrogen functional groups attached to an aromatic ring is 1. The Morgan fingerprint density at radius 3 is 2.57 bits per heavy atom. The van der Waals surface area contributed by atoms with Crippen LogP contribution in [0, 0.1) is 0 Å². The minimum atomic E-state index is 0.205. The van der Waals surface area contributed by atoms with E-state index in [0.29, 0.717) is 11.4 Å². The van der Waals surface area contributed by atoms with E-state index < -0.39 is 0 Å². The molecule has 0 unspecified atom stereocenters. The first-order valence-corrected chi connectivity index (χ1v) is 5.58. The molecule has 0 fully saturated rings. The normalized spacial score (nSPS) is 11.6. The average molecular weight is 211 g/mol. The van der Waals surface area contributed by atoms with Crippen LogP contribution in [0.25, 0.3) is 0 Å². The Labute approximate surface area is 89.5 Å². The van der Waals surface area contributed by atoms with Gasteiger partial charge in [-0.05, 0) is 18.2 Å². The van der Waals surface area contributed by atoms with E-state index in [1.54, 1.807) is 23.9 Å². The zero-order valence-corrected chi connectivity index (χ0v) is 9.69. The summed E-state index contributed by atoms with van der Waals surface area (Å²) in [5.41, 5.74) is 7.25. The van der Waals surface area contributed by atoms with Crippen LogP contribution in [0.3, 0.4) is 0 Å². The van der Waals surface area contributed by atoms with E-state index in [4.69, 9.17) is 5.73 Å². The maximum Gasteiger partial charge on any atom is 0.119 e. The third-order valence-electron chi connectivity index (χ3n) is 1.76. The van der Waals surface area contributed by atoms with Crippen LogP contribution in [-0.2, 0) is 5.75 Å². The molecule has 0 atom stereocenters. The first-order valence-electron chi connectivity index (χ1n) is 4.60. The predicted molar refractivity (Wildman–Crippen MR) is 63.6 cm³/mol. The molecule has 1 rings (SSSR count). The summed E-state index contributed by atoms with van der Waals surface area (Å²) in [5.74, 6) is 1.12. The highest BCUT2D eigenvalue weighted by Crippen LogP contribution is 2.31. The van der Waals surface area contributed by atoms with Gasteiger partial charge >= 0.3 is 0 Å². The quantitative estimate of drug-likeness (QED) is 0.584. The van der Waals surface area contributed by atoms with Gasteiger partial charge in [0.2, 0.25) is 0 Å². The molecule has 2 nitrogen and oxygen atoms in total. The van der Waals surface area contributed by atoms with Crippen molar-refractivity contribution in [2.75, 3.05) is 5.73 Å². The largest absolute Gasteiger partial charge is 0.508 e. The van der Waals surface area contributed by atoms with Crippen molar-refractivity contribution in [2.45, 2.75) is 31.3 Å². The summed E-state index contributed by atoms with van der Waals surface area (Å²) in [7, 11) is 0. The summed E-state index contributed by atoms with van der Waals surface area (Å²) in [6.07, 6.45) is 0. The summed E-state index contributed by atoms with van der Waals surface area (Å²) in [6, 6.07) is 5.18. The molecule has 0 saturated heterocycles. The fourth-order valence-electron chi connectivity index (χ4n) is 1.02. The monoisotopic (exact) mass is 211 g/mol. The van der Waals surface area contributed by atoms with Crippen LogP contribution < -0.4 is 5.73 Å². The zero-order valence-electron chi connectivity index (χ0n) is 8.87. The number of hydrogen-bond donors (Lipinski definition) is 2. The van der Waals surface area contributed by atoms with Crippen molar-refractivity contribution in [3.05, 3.63) is 23.8 Å². The predicted octanol–water partition coefficient (Wildman–Crippen LogP) is 3.01. The standard InChI is InChI=1S/C11H17NOS/c1-11(2,3)14-7-8-6-9(12)4-5-10(8)13/h4-6,13H,7,12H2,1-3H3. The van der Waals surface area contributed by atoms with E-state index in [1.165, 1.54) is 0 Å². The molecule has 0 bridgehead atoms. The van der Waals surface area contributed by atoms with Gasteiger partial charge in [0.1, 0.15) is 5.75 Å². The van der Waals surface area contributed by atoms with E-state index in [0.717, 1.165) is 11.3 Å². The van der Waals surface area contributed by atoms with Crippen LogP contribution in [0.5, 0.6) is 5.75 Å². The summed E-state index contributed by atoms with van der Waals surface area (Å²) in [4.78, 5) is 0. The number of anilines is 1. The maximum atomic E-state index is 9.56. The third kappa shape index (κ3) is 3.50. The summed E-state index contributed by atoms with van der Waals surface area (Å²) >= 11 is 1.79. The lowest BCUT2D eigenvalue weighted by atomic mass is 10.2. The molecule has 0 spiro atoms. The molecular formula is C11H17NOS. The van der Waals surface area contributed by atoms with Gasteiger partial charge < -0.3 is 10.8 Å². The maximum absolute atomic E-state index is 9.56. The van der Waals surface area contributed by atoms with Crippen molar-refractivity contribution in [3.8, 4) is 5.75 Å². The van der Waals surface area contributed by atoms with Gasteiger partial charge in [0, 0.05) is 21.8 Å². The Bertz CT molecular complexity index is 318. The first-order chi connectivity index (χ1) is 6.38. The minimum Gasteiger partial charge on any atom is -0.508 e. The number of nitrogens with two attached hydrogens (primary N) is 1. The second kappa shape index (κ2) is 4.13. The van der Waals surface area contributed by atoms with E-state index in [9.17, 15) is 5.11 Å². The SMILES string of the molecule is CC(C)(C)SCc1cc(N)ccc1O. The molecule has 0 radical (unpaired) electrons. The molecule has 1 aromatic carbocycles. The smallest absolute Gasteiger partial charge is 0.119 e. The summed E-state index contributed by atoms with van der Waals surface area (Å²) in [5, 5.41) is 9.56. The molecule has 0 aromatic heterocycles. The van der Waals surface area contributed by atoms with Crippen LogP contribution in [0.15, 0.2) is 18.2 Å². The molecule has 0 heterocycles. The van der Waals surface area contributed by atoms with Crippen LogP contribution in [0.4, 0.5) is 5.69 Å². The molecule has 14 heavy (non-hydrogen) atoms. The van der Waals surface area contributed by atoms with Gasteiger partial charge in [-0.1, -0.05) is 20.8 Å². The van der Waals surface area contributed by atoms with Crippen LogP contribution >= 0.6 is 11.8 Å². The Balaban J connectivity index is 2.72. The van der Waals surface area contributed by atoms with Gasteiger partial charge in [-0.3, -0.25) is 0 Å². The van der Waals surface area contributed by atoms with Gasteiger partial charge in [0.05, 0.1) is 0 Å². The molecule has 0 aliphatic heterocycles. The van der Waals surface area contributed by atoms with Gasteiger partial charge in [-0.25, -0.2) is 0 Å². The Morgan fingerprint density at radius 1 is 1.36 bits per heavy atom. The number of phenolic OH excluding ortho intramolecular Hbond substituents is 1. The van der Waals surface area contributed by atoms with Crippen molar-refractivity contribution in [3.63, 3.8) is 0 Å². The van der Waals surface area contributed by atoms with Gasteiger partial charge in [0.15, 0.2) is 0 Å². The highest BCUT2D eigenvalue weighted by Gasteiger charge is 2.12. The molecule has 0 amide bonds. The van der Waals surface area contributed by atoms with E-state index in [1.807, 2.05) is 6.07 Å². The lowest BCUT2D eigenvalue weighted by molar-refractivity contribution is 0.470.